The van der Waals surface area contributed by atoms with Crippen LogP contribution in [0, 0.1) is 17.5 Å². The summed E-state index contributed by atoms with van der Waals surface area (Å²) in [5.41, 5.74) is -0.259. The van der Waals surface area contributed by atoms with E-state index in [4.69, 9.17) is 5.11 Å². The van der Waals surface area contributed by atoms with E-state index >= 15 is 0 Å². The first-order chi connectivity index (χ1) is 6.50. The quantitative estimate of drug-likeness (QED) is 0.765. The van der Waals surface area contributed by atoms with Gasteiger partial charge in [-0.3, -0.25) is 4.79 Å². The van der Waals surface area contributed by atoms with Gasteiger partial charge in [-0.05, 0) is 18.1 Å². The Labute approximate surface area is 78.0 Å². The molecular weight excluding hydrogens is 197 g/mol. The van der Waals surface area contributed by atoms with Crippen molar-refractivity contribution in [3.05, 3.63) is 35.1 Å². The van der Waals surface area contributed by atoms with Crippen molar-refractivity contribution in [2.45, 2.75) is 12.8 Å². The molecule has 14 heavy (non-hydrogen) atoms. The average molecular weight is 204 g/mol. The summed E-state index contributed by atoms with van der Waals surface area (Å²) in [6, 6.07) is 1.21. The van der Waals surface area contributed by atoms with Crippen molar-refractivity contribution in [1.82, 2.24) is 0 Å². The average Bonchev–Trinajstić information content (AvgIpc) is 2.08. The lowest BCUT2D eigenvalue weighted by atomic mass is 10.1. The lowest BCUT2D eigenvalue weighted by Crippen LogP contribution is -2.01. The van der Waals surface area contributed by atoms with E-state index in [1.54, 1.807) is 0 Å². The molecule has 0 bridgehead atoms. The summed E-state index contributed by atoms with van der Waals surface area (Å²) in [5.74, 6) is -4.55. The number of carbonyl (C=O) groups is 1. The van der Waals surface area contributed by atoms with E-state index in [0.29, 0.717) is 6.07 Å². The topological polar surface area (TPSA) is 37.3 Å². The van der Waals surface area contributed by atoms with E-state index in [0.717, 1.165) is 6.07 Å². The Hall–Kier alpha value is -1.52. The highest BCUT2D eigenvalue weighted by atomic mass is 19.2. The molecule has 1 rings (SSSR count). The van der Waals surface area contributed by atoms with Crippen molar-refractivity contribution in [2.75, 3.05) is 0 Å². The molecule has 0 heterocycles. The van der Waals surface area contributed by atoms with Gasteiger partial charge in [-0.15, -0.1) is 0 Å². The monoisotopic (exact) mass is 204 g/mol. The van der Waals surface area contributed by atoms with Crippen LogP contribution in [0.1, 0.15) is 12.0 Å². The Morgan fingerprint density at radius 1 is 1.29 bits per heavy atom. The van der Waals surface area contributed by atoms with Crippen molar-refractivity contribution in [3.63, 3.8) is 0 Å². The molecule has 0 saturated heterocycles. The summed E-state index contributed by atoms with van der Waals surface area (Å²) >= 11 is 0. The fourth-order valence-corrected chi connectivity index (χ4v) is 1.03. The van der Waals surface area contributed by atoms with Crippen LogP contribution < -0.4 is 0 Å². The third-order valence-electron chi connectivity index (χ3n) is 1.68. The third-order valence-corrected chi connectivity index (χ3v) is 1.68. The number of aliphatic carboxylic acids is 1. The molecule has 5 heteroatoms. The van der Waals surface area contributed by atoms with Gasteiger partial charge >= 0.3 is 5.97 Å². The van der Waals surface area contributed by atoms with Crippen LogP contribution in [0.25, 0.3) is 0 Å². The number of hydrogen-bond acceptors (Lipinski definition) is 1. The lowest BCUT2D eigenvalue weighted by Gasteiger charge is -2.02. The summed E-state index contributed by atoms with van der Waals surface area (Å²) in [5, 5.41) is 8.29. The van der Waals surface area contributed by atoms with Crippen molar-refractivity contribution in [3.8, 4) is 0 Å². The van der Waals surface area contributed by atoms with Crippen LogP contribution in [0.4, 0.5) is 13.2 Å². The number of halogens is 3. The summed E-state index contributed by atoms with van der Waals surface area (Å²) in [6.07, 6.45) is -0.588. The summed E-state index contributed by atoms with van der Waals surface area (Å²) in [7, 11) is 0. The van der Waals surface area contributed by atoms with E-state index in [1.165, 1.54) is 0 Å². The second kappa shape index (κ2) is 4.13. The normalized spacial score (nSPS) is 10.2. The van der Waals surface area contributed by atoms with Gasteiger partial charge in [-0.25, -0.2) is 13.2 Å². The maximum Gasteiger partial charge on any atom is 0.303 e. The number of rotatable bonds is 3. The zero-order chi connectivity index (χ0) is 10.7. The first-order valence-corrected chi connectivity index (χ1v) is 3.86. The summed E-state index contributed by atoms with van der Waals surface area (Å²) < 4.78 is 38.1. The summed E-state index contributed by atoms with van der Waals surface area (Å²) in [6.45, 7) is 0. The van der Waals surface area contributed by atoms with Gasteiger partial charge in [0.1, 0.15) is 5.82 Å². The second-order valence-electron chi connectivity index (χ2n) is 2.75. The van der Waals surface area contributed by atoms with Crippen molar-refractivity contribution in [1.29, 1.82) is 0 Å². The highest BCUT2D eigenvalue weighted by molar-refractivity contribution is 5.67. The number of carboxylic acid groups (broad SMARTS) is 1. The fraction of sp³-hybridized carbons (Fsp3) is 0.222. The predicted octanol–water partition coefficient (Wildman–Crippen LogP) is 2.12. The van der Waals surface area contributed by atoms with Crippen LogP contribution in [-0.4, -0.2) is 11.1 Å². The Morgan fingerprint density at radius 2 is 1.93 bits per heavy atom. The predicted molar refractivity (Wildman–Crippen MR) is 42.3 cm³/mol. The molecule has 76 valence electrons. The molecule has 0 spiro atoms. The standard InChI is InChI=1S/C9H7F3O2/c10-6-3-5(1-2-8(13)14)9(12)7(11)4-6/h3-4H,1-2H2,(H,13,14). The molecule has 0 atom stereocenters. The molecule has 0 aliphatic heterocycles. The number of hydrogen-bond donors (Lipinski definition) is 1. The molecule has 1 aromatic rings. The molecule has 0 unspecified atom stereocenters. The minimum Gasteiger partial charge on any atom is -0.481 e. The van der Waals surface area contributed by atoms with E-state index in [2.05, 4.69) is 0 Å². The first kappa shape index (κ1) is 10.6. The second-order valence-corrected chi connectivity index (χ2v) is 2.75. The Bertz CT molecular complexity index is 363. The summed E-state index contributed by atoms with van der Waals surface area (Å²) in [4.78, 5) is 10.1. The molecule has 1 N–H and O–H groups in total. The molecule has 0 saturated carbocycles. The molecule has 0 fully saturated rings. The molecule has 0 aliphatic rings. The van der Waals surface area contributed by atoms with E-state index in [1.807, 2.05) is 0 Å². The van der Waals surface area contributed by atoms with Crippen molar-refractivity contribution < 1.29 is 23.1 Å². The molecular formula is C9H7F3O2. The van der Waals surface area contributed by atoms with Gasteiger partial charge in [0.2, 0.25) is 0 Å². The van der Waals surface area contributed by atoms with Crippen molar-refractivity contribution in [2.24, 2.45) is 0 Å². The van der Waals surface area contributed by atoms with E-state index < -0.39 is 23.4 Å². The van der Waals surface area contributed by atoms with Gasteiger partial charge < -0.3 is 5.11 Å². The maximum atomic E-state index is 12.9. The number of aryl methyl sites for hydroxylation is 1. The van der Waals surface area contributed by atoms with Gasteiger partial charge in [-0.1, -0.05) is 0 Å². The van der Waals surface area contributed by atoms with Gasteiger partial charge in [0.25, 0.3) is 0 Å². The Morgan fingerprint density at radius 3 is 2.50 bits per heavy atom. The molecule has 0 radical (unpaired) electrons. The zero-order valence-electron chi connectivity index (χ0n) is 7.06. The van der Waals surface area contributed by atoms with Crippen LogP contribution in [-0.2, 0) is 11.2 Å². The Kier molecular flexibility index (Phi) is 3.11. The fourth-order valence-electron chi connectivity index (χ4n) is 1.03. The largest absolute Gasteiger partial charge is 0.481 e. The molecule has 2 nitrogen and oxygen atoms in total. The highest BCUT2D eigenvalue weighted by Gasteiger charge is 2.11. The van der Waals surface area contributed by atoms with Crippen molar-refractivity contribution >= 4 is 5.97 Å². The van der Waals surface area contributed by atoms with Crippen LogP contribution in [0.2, 0.25) is 0 Å². The number of carboxylic acids is 1. The maximum absolute atomic E-state index is 12.9. The molecule has 0 aromatic heterocycles. The minimum absolute atomic E-state index is 0.226. The van der Waals surface area contributed by atoms with Crippen LogP contribution in [0.3, 0.4) is 0 Å². The smallest absolute Gasteiger partial charge is 0.303 e. The third kappa shape index (κ3) is 2.48. The Balaban J connectivity index is 2.90. The van der Waals surface area contributed by atoms with Gasteiger partial charge in [0.05, 0.1) is 0 Å². The van der Waals surface area contributed by atoms with Crippen LogP contribution in [0.15, 0.2) is 12.1 Å². The SMILES string of the molecule is O=C(O)CCc1cc(F)cc(F)c1F. The van der Waals surface area contributed by atoms with Crippen LogP contribution >= 0.6 is 0 Å². The number of benzene rings is 1. The van der Waals surface area contributed by atoms with Gasteiger partial charge in [-0.2, -0.15) is 0 Å². The first-order valence-electron chi connectivity index (χ1n) is 3.86. The van der Waals surface area contributed by atoms with E-state index in [-0.39, 0.29) is 18.4 Å². The lowest BCUT2D eigenvalue weighted by molar-refractivity contribution is -0.136. The van der Waals surface area contributed by atoms with Crippen LogP contribution in [0.5, 0.6) is 0 Å². The molecule has 1 aromatic carbocycles. The van der Waals surface area contributed by atoms with E-state index in [9.17, 15) is 18.0 Å². The molecule has 0 aliphatic carbocycles. The molecule has 0 amide bonds. The zero-order valence-corrected chi connectivity index (χ0v) is 7.06. The highest BCUT2D eigenvalue weighted by Crippen LogP contribution is 2.15. The minimum atomic E-state index is -1.30. The van der Waals surface area contributed by atoms with Gasteiger partial charge in [0, 0.05) is 12.5 Å². The van der Waals surface area contributed by atoms with Gasteiger partial charge in [0.15, 0.2) is 11.6 Å².